The molecule has 1 heterocycles. The van der Waals surface area contributed by atoms with E-state index in [2.05, 4.69) is 57.7 Å². The molecule has 0 aromatic heterocycles. The second-order valence-electron chi connectivity index (χ2n) is 6.67. The predicted molar refractivity (Wildman–Crippen MR) is 131 cm³/mol. The number of hydrogen-bond donors (Lipinski definition) is 2. The maximum atomic E-state index is 13.0. The molecular formula is C24H25F3N6. The Morgan fingerprint density at radius 1 is 1.06 bits per heavy atom. The van der Waals surface area contributed by atoms with E-state index in [1.165, 1.54) is 41.9 Å². The summed E-state index contributed by atoms with van der Waals surface area (Å²) in [5.41, 5.74) is 6.99. The highest BCUT2D eigenvalue weighted by Gasteiger charge is 2.34. The standard InChI is InChI=1S/C13H10F3N5.C11H15N/c1-8-11(17)20-12(21-19-7-6-18-8)9-4-2-3-5-10(9)13(14,15)16;1-3-9-12-11-8-6-5-7-10(11)4-2/h2-7H,1H2,(H2,17,20,21);4-8,12H,2-3,9H2,1H3/b18-6?,19-7-;. The molecule has 0 saturated carbocycles. The van der Waals surface area contributed by atoms with Crippen LogP contribution in [0.5, 0.6) is 0 Å². The van der Waals surface area contributed by atoms with E-state index in [0.29, 0.717) is 0 Å². The van der Waals surface area contributed by atoms with Crippen LogP contribution in [0.25, 0.3) is 6.08 Å². The molecule has 0 saturated heterocycles. The average molecular weight is 455 g/mol. The molecule has 0 aliphatic carbocycles. The first-order chi connectivity index (χ1) is 15.8. The van der Waals surface area contributed by atoms with Crippen molar-refractivity contribution in [2.75, 3.05) is 11.9 Å². The summed E-state index contributed by atoms with van der Waals surface area (Å²) in [6.07, 6.45) is 0.949. The van der Waals surface area contributed by atoms with Crippen LogP contribution in [-0.4, -0.2) is 30.6 Å². The second kappa shape index (κ2) is 12.1. The molecular weight excluding hydrogens is 429 g/mol. The second-order valence-corrected chi connectivity index (χ2v) is 6.67. The molecule has 33 heavy (non-hydrogen) atoms. The van der Waals surface area contributed by atoms with Crippen molar-refractivity contribution in [2.45, 2.75) is 19.5 Å². The Morgan fingerprint density at radius 2 is 1.76 bits per heavy atom. The number of aliphatic imine (C=N–C) groups is 2. The fraction of sp³-hybridized carbons (Fsp3) is 0.167. The molecule has 0 amide bonds. The summed E-state index contributed by atoms with van der Waals surface area (Å²) >= 11 is 0. The number of alkyl halides is 3. The summed E-state index contributed by atoms with van der Waals surface area (Å²) < 4.78 is 39.1. The Kier molecular flexibility index (Phi) is 9.29. The Balaban J connectivity index is 0.000000273. The van der Waals surface area contributed by atoms with Crippen molar-refractivity contribution >= 4 is 35.9 Å². The van der Waals surface area contributed by atoms with Crippen molar-refractivity contribution in [3.05, 3.63) is 84.1 Å². The highest BCUT2D eigenvalue weighted by atomic mass is 19.4. The average Bonchev–Trinajstić information content (AvgIpc) is 2.89. The van der Waals surface area contributed by atoms with Crippen molar-refractivity contribution in [3.8, 4) is 0 Å². The van der Waals surface area contributed by atoms with Gasteiger partial charge in [0.1, 0.15) is 0 Å². The van der Waals surface area contributed by atoms with Gasteiger partial charge in [-0.05, 0) is 24.1 Å². The van der Waals surface area contributed by atoms with Crippen LogP contribution in [0.1, 0.15) is 30.0 Å². The minimum Gasteiger partial charge on any atom is -0.385 e. The first-order valence-electron chi connectivity index (χ1n) is 10.1. The number of rotatable bonds is 5. The van der Waals surface area contributed by atoms with E-state index in [9.17, 15) is 13.2 Å². The molecule has 0 bridgehead atoms. The Hall–Kier alpha value is -4.01. The van der Waals surface area contributed by atoms with E-state index in [1.807, 2.05) is 18.2 Å². The number of amidine groups is 2. The molecule has 9 heteroatoms. The lowest BCUT2D eigenvalue weighted by atomic mass is 10.1. The third-order valence-corrected chi connectivity index (χ3v) is 4.26. The van der Waals surface area contributed by atoms with Crippen LogP contribution in [0.15, 0.2) is 87.6 Å². The van der Waals surface area contributed by atoms with E-state index in [4.69, 9.17) is 5.73 Å². The highest BCUT2D eigenvalue weighted by molar-refractivity contribution is 6.19. The van der Waals surface area contributed by atoms with Crippen LogP contribution < -0.4 is 11.1 Å². The van der Waals surface area contributed by atoms with Crippen LogP contribution >= 0.6 is 0 Å². The van der Waals surface area contributed by atoms with Crippen molar-refractivity contribution in [1.29, 1.82) is 0 Å². The van der Waals surface area contributed by atoms with Crippen molar-refractivity contribution in [2.24, 2.45) is 25.9 Å². The fourth-order valence-electron chi connectivity index (χ4n) is 2.64. The number of para-hydroxylation sites is 1. The van der Waals surface area contributed by atoms with Gasteiger partial charge in [0.25, 0.3) is 0 Å². The van der Waals surface area contributed by atoms with Gasteiger partial charge in [0.15, 0.2) is 11.7 Å². The fourth-order valence-corrected chi connectivity index (χ4v) is 2.64. The molecule has 0 unspecified atom stereocenters. The summed E-state index contributed by atoms with van der Waals surface area (Å²) in [5.74, 6) is -0.393. The van der Waals surface area contributed by atoms with Gasteiger partial charge in [0, 0.05) is 24.0 Å². The van der Waals surface area contributed by atoms with Crippen LogP contribution in [0, 0.1) is 0 Å². The summed E-state index contributed by atoms with van der Waals surface area (Å²) in [5, 5.41) is 10.6. The highest BCUT2D eigenvalue weighted by Crippen LogP contribution is 2.32. The normalized spacial score (nSPS) is 16.1. The Morgan fingerprint density at radius 3 is 2.45 bits per heavy atom. The summed E-state index contributed by atoms with van der Waals surface area (Å²) in [6, 6.07) is 13.1. The number of nitrogens with one attached hydrogen (secondary N) is 1. The lowest BCUT2D eigenvalue weighted by Gasteiger charge is -2.11. The quantitative estimate of drug-likeness (QED) is 0.621. The third kappa shape index (κ3) is 7.57. The van der Waals surface area contributed by atoms with Gasteiger partial charge >= 0.3 is 6.18 Å². The smallest absolute Gasteiger partial charge is 0.385 e. The van der Waals surface area contributed by atoms with Crippen LogP contribution in [0.2, 0.25) is 0 Å². The van der Waals surface area contributed by atoms with E-state index in [1.54, 1.807) is 0 Å². The largest absolute Gasteiger partial charge is 0.417 e. The first kappa shape index (κ1) is 25.3. The first-order valence-corrected chi connectivity index (χ1v) is 10.1. The summed E-state index contributed by atoms with van der Waals surface area (Å²) in [7, 11) is 0. The van der Waals surface area contributed by atoms with Crippen molar-refractivity contribution < 1.29 is 13.2 Å². The van der Waals surface area contributed by atoms with Gasteiger partial charge in [-0.2, -0.15) is 18.3 Å². The minimum absolute atomic E-state index is 0.112. The Labute approximate surface area is 190 Å². The van der Waals surface area contributed by atoms with Gasteiger partial charge in [-0.1, -0.05) is 62.6 Å². The molecule has 0 spiro atoms. The zero-order valence-corrected chi connectivity index (χ0v) is 18.2. The van der Waals surface area contributed by atoms with Gasteiger partial charge in [0.05, 0.1) is 17.5 Å². The molecule has 1 aliphatic rings. The number of anilines is 1. The van der Waals surface area contributed by atoms with Crippen LogP contribution in [-0.2, 0) is 6.18 Å². The molecule has 172 valence electrons. The lowest BCUT2D eigenvalue weighted by molar-refractivity contribution is -0.137. The summed E-state index contributed by atoms with van der Waals surface area (Å²) in [4.78, 5) is 7.64. The topological polar surface area (TPSA) is 87.5 Å². The molecule has 6 nitrogen and oxygen atoms in total. The maximum absolute atomic E-state index is 13.0. The zero-order valence-electron chi connectivity index (χ0n) is 18.2. The zero-order chi connectivity index (χ0) is 24.3. The molecule has 0 atom stereocenters. The number of nitrogens with two attached hydrogens (primary N) is 1. The van der Waals surface area contributed by atoms with E-state index < -0.39 is 11.7 Å². The predicted octanol–water partition coefficient (Wildman–Crippen LogP) is 5.54. The van der Waals surface area contributed by atoms with E-state index in [0.717, 1.165) is 19.0 Å². The summed E-state index contributed by atoms with van der Waals surface area (Å²) in [6.45, 7) is 10.5. The van der Waals surface area contributed by atoms with E-state index in [-0.39, 0.29) is 22.9 Å². The van der Waals surface area contributed by atoms with Gasteiger partial charge in [-0.15, -0.1) is 5.10 Å². The number of nitrogens with zero attached hydrogens (tertiary/aromatic N) is 4. The molecule has 1 aliphatic heterocycles. The minimum atomic E-state index is -4.54. The number of halogens is 3. The lowest BCUT2D eigenvalue weighted by Crippen LogP contribution is -2.18. The van der Waals surface area contributed by atoms with Crippen LogP contribution in [0.4, 0.5) is 18.9 Å². The Bertz CT molecular complexity index is 1100. The SMILES string of the molecule is C=C1N=C/C=N\N=C(\c2ccccc2C(F)(F)F)N=C1N.C=Cc1ccccc1NCCC. The molecule has 0 fully saturated rings. The molecule has 3 rings (SSSR count). The van der Waals surface area contributed by atoms with Gasteiger partial charge in [-0.3, -0.25) is 4.99 Å². The number of benzene rings is 2. The molecule has 2 aromatic rings. The maximum Gasteiger partial charge on any atom is 0.417 e. The molecule has 0 radical (unpaired) electrons. The van der Waals surface area contributed by atoms with Crippen LogP contribution in [0.3, 0.4) is 0 Å². The van der Waals surface area contributed by atoms with Crippen molar-refractivity contribution in [3.63, 3.8) is 0 Å². The monoisotopic (exact) mass is 454 g/mol. The van der Waals surface area contributed by atoms with Gasteiger partial charge in [0.2, 0.25) is 0 Å². The van der Waals surface area contributed by atoms with E-state index >= 15 is 0 Å². The van der Waals surface area contributed by atoms with Crippen molar-refractivity contribution in [1.82, 2.24) is 0 Å². The molecule has 2 aromatic carbocycles. The third-order valence-electron chi connectivity index (χ3n) is 4.26. The number of hydrogen-bond acceptors (Lipinski definition) is 6. The van der Waals surface area contributed by atoms with Gasteiger partial charge < -0.3 is 11.1 Å². The van der Waals surface area contributed by atoms with Gasteiger partial charge in [-0.25, -0.2) is 4.99 Å². The molecule has 3 N–H and O–H groups in total.